The van der Waals surface area contributed by atoms with Crippen molar-refractivity contribution in [2.45, 2.75) is 50.1 Å². The van der Waals surface area contributed by atoms with E-state index < -0.39 is 15.1 Å². The van der Waals surface area contributed by atoms with E-state index in [1.165, 1.54) is 11.8 Å². The van der Waals surface area contributed by atoms with E-state index in [4.69, 9.17) is 0 Å². The van der Waals surface area contributed by atoms with Crippen LogP contribution in [-0.4, -0.2) is 45.8 Å². The highest BCUT2D eigenvalue weighted by molar-refractivity contribution is 8.00. The Hall–Kier alpha value is -2.13. The Morgan fingerprint density at radius 2 is 2.07 bits per heavy atom. The van der Waals surface area contributed by atoms with Crippen molar-refractivity contribution in [2.24, 2.45) is 0 Å². The molecule has 1 fully saturated rings. The van der Waals surface area contributed by atoms with Gasteiger partial charge in [-0.25, -0.2) is 8.42 Å². The molecule has 29 heavy (non-hydrogen) atoms. The number of thioether (sulfide) groups is 1. The van der Waals surface area contributed by atoms with E-state index in [2.05, 4.69) is 22.1 Å². The predicted molar refractivity (Wildman–Crippen MR) is 116 cm³/mol. The Balaban J connectivity index is 1.77. The number of benzene rings is 1. The van der Waals surface area contributed by atoms with Crippen molar-refractivity contribution in [3.05, 3.63) is 47.8 Å². The van der Waals surface area contributed by atoms with Crippen LogP contribution in [0.5, 0.6) is 0 Å². The third-order valence-electron chi connectivity index (χ3n) is 5.04. The van der Waals surface area contributed by atoms with E-state index in [1.54, 1.807) is 6.08 Å². The summed E-state index contributed by atoms with van der Waals surface area (Å²) in [5, 5.41) is 11.7. The number of nitrogens with zero attached hydrogens (tertiary/aromatic N) is 3. The molecule has 1 aliphatic heterocycles. The summed E-state index contributed by atoms with van der Waals surface area (Å²) in [5.41, 5.74) is 2.85. The van der Waals surface area contributed by atoms with Gasteiger partial charge in [0.05, 0.1) is 16.8 Å². The van der Waals surface area contributed by atoms with Crippen molar-refractivity contribution in [3.63, 3.8) is 0 Å². The Morgan fingerprint density at radius 3 is 2.66 bits per heavy atom. The van der Waals surface area contributed by atoms with Crippen molar-refractivity contribution in [3.8, 4) is 0 Å². The maximum Gasteiger partial charge on any atom is 0.237 e. The molecule has 156 valence electrons. The van der Waals surface area contributed by atoms with Gasteiger partial charge < -0.3 is 9.88 Å². The van der Waals surface area contributed by atoms with Gasteiger partial charge in [-0.15, -0.1) is 16.8 Å². The molecule has 2 heterocycles. The maximum absolute atomic E-state index is 12.7. The fraction of sp³-hybridized carbons (Fsp3) is 0.450. The average Bonchev–Trinajstić information content (AvgIpc) is 3.21. The molecule has 2 unspecified atom stereocenters. The molecule has 2 aromatic rings. The molecule has 1 N–H and O–H groups in total. The van der Waals surface area contributed by atoms with Gasteiger partial charge in [0.2, 0.25) is 5.91 Å². The van der Waals surface area contributed by atoms with Gasteiger partial charge in [0.1, 0.15) is 5.82 Å². The van der Waals surface area contributed by atoms with Crippen LogP contribution in [-0.2, 0) is 21.2 Å². The molecule has 1 saturated heterocycles. The first-order chi connectivity index (χ1) is 13.7. The number of nitrogens with one attached hydrogen (secondary N) is 1. The summed E-state index contributed by atoms with van der Waals surface area (Å²) >= 11 is 1.31. The Labute approximate surface area is 175 Å². The van der Waals surface area contributed by atoms with E-state index in [0.717, 1.165) is 16.8 Å². The van der Waals surface area contributed by atoms with E-state index in [0.29, 0.717) is 23.9 Å². The van der Waals surface area contributed by atoms with Crippen molar-refractivity contribution < 1.29 is 13.2 Å². The zero-order valence-corrected chi connectivity index (χ0v) is 18.5. The average molecular weight is 435 g/mol. The lowest BCUT2D eigenvalue weighted by Crippen LogP contribution is -2.24. The van der Waals surface area contributed by atoms with Crippen molar-refractivity contribution >= 4 is 33.2 Å². The minimum absolute atomic E-state index is 0.0928. The molecule has 0 radical (unpaired) electrons. The molecule has 2 atom stereocenters. The third kappa shape index (κ3) is 4.90. The molecule has 1 amide bonds. The Kier molecular flexibility index (Phi) is 6.48. The van der Waals surface area contributed by atoms with E-state index in [-0.39, 0.29) is 23.3 Å². The summed E-state index contributed by atoms with van der Waals surface area (Å²) in [6.45, 7) is 9.99. The minimum atomic E-state index is -3.02. The molecular formula is C20H26N4O3S2. The molecule has 3 rings (SSSR count). The first-order valence-corrected chi connectivity index (χ1v) is 12.2. The van der Waals surface area contributed by atoms with E-state index in [9.17, 15) is 13.2 Å². The zero-order chi connectivity index (χ0) is 21.2. The lowest BCUT2D eigenvalue weighted by Gasteiger charge is -2.16. The first-order valence-electron chi connectivity index (χ1n) is 9.50. The van der Waals surface area contributed by atoms with Gasteiger partial charge in [-0.05, 0) is 38.3 Å². The van der Waals surface area contributed by atoms with Crippen molar-refractivity contribution in [1.82, 2.24) is 14.8 Å². The second-order valence-electron chi connectivity index (χ2n) is 7.36. The number of para-hydroxylation sites is 1. The highest BCUT2D eigenvalue weighted by Gasteiger charge is 2.33. The highest BCUT2D eigenvalue weighted by atomic mass is 32.2. The minimum Gasteiger partial charge on any atom is -0.325 e. The normalized spacial score (nSPS) is 19.1. The van der Waals surface area contributed by atoms with Gasteiger partial charge in [-0.1, -0.05) is 36.0 Å². The molecule has 1 aliphatic rings. The molecular weight excluding hydrogens is 408 g/mol. The van der Waals surface area contributed by atoms with Crippen molar-refractivity contribution in [1.29, 1.82) is 0 Å². The molecule has 9 heteroatoms. The summed E-state index contributed by atoms with van der Waals surface area (Å²) in [6, 6.07) is 5.88. The van der Waals surface area contributed by atoms with Gasteiger partial charge in [-0.2, -0.15) is 0 Å². The lowest BCUT2D eigenvalue weighted by atomic mass is 10.1. The second-order valence-corrected chi connectivity index (χ2v) is 10.9. The van der Waals surface area contributed by atoms with Crippen LogP contribution in [0.15, 0.2) is 36.0 Å². The number of aryl methyl sites for hydroxylation is 2. The monoisotopic (exact) mass is 434 g/mol. The largest absolute Gasteiger partial charge is 0.325 e. The van der Waals surface area contributed by atoms with Gasteiger partial charge in [0, 0.05) is 18.2 Å². The van der Waals surface area contributed by atoms with Crippen LogP contribution in [0.3, 0.4) is 0 Å². The van der Waals surface area contributed by atoms with Crippen LogP contribution in [0.1, 0.15) is 36.2 Å². The molecule has 0 saturated carbocycles. The lowest BCUT2D eigenvalue weighted by molar-refractivity contribution is -0.115. The molecule has 1 aromatic carbocycles. The topological polar surface area (TPSA) is 93.9 Å². The molecule has 0 aliphatic carbocycles. The van der Waals surface area contributed by atoms with Crippen LogP contribution < -0.4 is 5.32 Å². The van der Waals surface area contributed by atoms with Crippen molar-refractivity contribution in [2.75, 3.05) is 16.8 Å². The number of carbonyl (C=O) groups is 1. The van der Waals surface area contributed by atoms with Crippen LogP contribution >= 0.6 is 11.8 Å². The maximum atomic E-state index is 12.7. The number of anilines is 1. The van der Waals surface area contributed by atoms with Crippen LogP contribution in [0, 0.1) is 13.8 Å². The van der Waals surface area contributed by atoms with Gasteiger partial charge in [0.25, 0.3) is 0 Å². The summed E-state index contributed by atoms with van der Waals surface area (Å²) in [5.74, 6) is 0.632. The number of amides is 1. The summed E-state index contributed by atoms with van der Waals surface area (Å²) in [6.07, 6.45) is 2.27. The summed E-state index contributed by atoms with van der Waals surface area (Å²) in [4.78, 5) is 12.7. The smallest absolute Gasteiger partial charge is 0.237 e. The second kappa shape index (κ2) is 8.71. The Morgan fingerprint density at radius 1 is 1.38 bits per heavy atom. The van der Waals surface area contributed by atoms with E-state index in [1.807, 2.05) is 43.5 Å². The molecule has 0 bridgehead atoms. The highest BCUT2D eigenvalue weighted by Crippen LogP contribution is 2.31. The van der Waals surface area contributed by atoms with Gasteiger partial charge in [-0.3, -0.25) is 4.79 Å². The van der Waals surface area contributed by atoms with Gasteiger partial charge >= 0.3 is 0 Å². The zero-order valence-electron chi connectivity index (χ0n) is 16.9. The summed E-state index contributed by atoms with van der Waals surface area (Å²) < 4.78 is 25.6. The molecule has 0 spiro atoms. The number of aromatic nitrogens is 3. The van der Waals surface area contributed by atoms with Gasteiger partial charge in [0.15, 0.2) is 15.0 Å². The number of allylic oxidation sites excluding steroid dienone is 1. The fourth-order valence-electron chi connectivity index (χ4n) is 3.44. The predicted octanol–water partition coefficient (Wildman–Crippen LogP) is 3.10. The van der Waals surface area contributed by atoms with Crippen LogP contribution in [0.2, 0.25) is 0 Å². The molecule has 1 aromatic heterocycles. The SMILES string of the molecule is C=CCn1c(SC(C)C(=O)Nc2c(C)cccc2C)nnc1C1CCS(=O)(=O)C1. The van der Waals surface area contributed by atoms with Crippen LogP contribution in [0.25, 0.3) is 0 Å². The number of hydrogen-bond donors (Lipinski definition) is 1. The summed E-state index contributed by atoms with van der Waals surface area (Å²) in [7, 11) is -3.02. The van der Waals surface area contributed by atoms with Crippen LogP contribution in [0.4, 0.5) is 5.69 Å². The molecule has 7 nitrogen and oxygen atoms in total. The number of hydrogen-bond acceptors (Lipinski definition) is 6. The third-order valence-corrected chi connectivity index (χ3v) is 7.88. The number of rotatable bonds is 7. The standard InChI is InChI=1S/C20H26N4O3S2/c1-5-10-24-18(16-9-11-29(26,27)12-16)22-23-20(24)28-15(4)19(25)21-17-13(2)7-6-8-14(17)3/h5-8,15-16H,1,9-12H2,2-4H3,(H,21,25). The Bertz CT molecular complexity index is 1010. The number of carbonyl (C=O) groups excluding carboxylic acids is 1. The quantitative estimate of drug-likeness (QED) is 0.532. The van der Waals surface area contributed by atoms with E-state index >= 15 is 0 Å². The fourth-order valence-corrected chi connectivity index (χ4v) is 6.04. The number of sulfone groups is 1. The first kappa shape index (κ1) is 21.6.